The fourth-order valence-corrected chi connectivity index (χ4v) is 3.04. The van der Waals surface area contributed by atoms with Crippen LogP contribution in [0.15, 0.2) is 40.9 Å². The fourth-order valence-electron chi connectivity index (χ4n) is 2.79. The molecule has 2 aromatic carbocycles. The molecule has 8 heteroatoms. The van der Waals surface area contributed by atoms with Crippen molar-refractivity contribution < 1.29 is 9.59 Å². The maximum Gasteiger partial charge on any atom is 0.278 e. The topological polar surface area (TPSA) is 88.9 Å². The molecule has 0 bridgehead atoms. The Bertz CT molecular complexity index is 1090. The molecule has 7 nitrogen and oxygen atoms in total. The number of rotatable bonds is 5. The van der Waals surface area contributed by atoms with Crippen LogP contribution < -0.4 is 10.6 Å². The first-order valence-electron chi connectivity index (χ1n) is 9.09. The van der Waals surface area contributed by atoms with Crippen molar-refractivity contribution in [3.8, 4) is 0 Å². The number of benzene rings is 2. The molecule has 2 amide bonds. The van der Waals surface area contributed by atoms with Gasteiger partial charge in [0.1, 0.15) is 6.54 Å². The molecule has 3 rings (SSSR count). The molecule has 0 unspecified atom stereocenters. The van der Waals surface area contributed by atoms with Gasteiger partial charge in [-0.1, -0.05) is 27.2 Å². The van der Waals surface area contributed by atoms with Gasteiger partial charge < -0.3 is 10.6 Å². The van der Waals surface area contributed by atoms with Crippen molar-refractivity contribution >= 4 is 39.1 Å². The van der Waals surface area contributed by atoms with Gasteiger partial charge in [-0.25, -0.2) is 4.68 Å². The molecular weight excluding hydrogens is 434 g/mol. The summed E-state index contributed by atoms with van der Waals surface area (Å²) in [6.45, 7) is 7.63. The average molecular weight is 456 g/mol. The zero-order valence-corrected chi connectivity index (χ0v) is 18.3. The van der Waals surface area contributed by atoms with Gasteiger partial charge >= 0.3 is 0 Å². The largest absolute Gasteiger partial charge is 0.324 e. The Morgan fingerprint density at radius 2 is 1.59 bits per heavy atom. The molecule has 0 spiro atoms. The number of carbonyl (C=O) groups is 2. The Balaban J connectivity index is 1.67. The van der Waals surface area contributed by atoms with Crippen molar-refractivity contribution in [2.75, 3.05) is 10.6 Å². The summed E-state index contributed by atoms with van der Waals surface area (Å²) < 4.78 is 2.38. The molecule has 0 aliphatic heterocycles. The lowest BCUT2D eigenvalue weighted by Gasteiger charge is -2.09. The van der Waals surface area contributed by atoms with E-state index in [1.165, 1.54) is 4.68 Å². The summed E-state index contributed by atoms with van der Waals surface area (Å²) in [5.74, 6) is -0.609. The first-order valence-corrected chi connectivity index (χ1v) is 9.88. The molecule has 0 aliphatic rings. The summed E-state index contributed by atoms with van der Waals surface area (Å²) in [5, 5.41) is 13.6. The van der Waals surface area contributed by atoms with E-state index in [1.54, 1.807) is 13.0 Å². The summed E-state index contributed by atoms with van der Waals surface area (Å²) in [6, 6.07) is 11.3. The van der Waals surface area contributed by atoms with Gasteiger partial charge in [0.2, 0.25) is 5.91 Å². The van der Waals surface area contributed by atoms with Gasteiger partial charge in [0.15, 0.2) is 5.69 Å². The summed E-state index contributed by atoms with van der Waals surface area (Å²) in [6.07, 6.45) is 0. The quantitative estimate of drug-likeness (QED) is 0.604. The number of hydrogen-bond acceptors (Lipinski definition) is 4. The van der Waals surface area contributed by atoms with Gasteiger partial charge in [0, 0.05) is 15.8 Å². The van der Waals surface area contributed by atoms with Crippen molar-refractivity contribution in [2.45, 2.75) is 34.2 Å². The summed E-state index contributed by atoms with van der Waals surface area (Å²) in [4.78, 5) is 24.9. The van der Waals surface area contributed by atoms with E-state index >= 15 is 0 Å². The monoisotopic (exact) mass is 455 g/mol. The molecule has 0 radical (unpaired) electrons. The predicted octanol–water partition coefficient (Wildman–Crippen LogP) is 4.17. The van der Waals surface area contributed by atoms with E-state index < -0.39 is 0 Å². The highest BCUT2D eigenvalue weighted by Gasteiger charge is 2.18. The maximum atomic E-state index is 12.6. The summed E-state index contributed by atoms with van der Waals surface area (Å²) in [7, 11) is 0. The summed E-state index contributed by atoms with van der Waals surface area (Å²) in [5.41, 5.74) is 5.35. The average Bonchev–Trinajstić information content (AvgIpc) is 3.02. The molecule has 1 heterocycles. The number of aromatic nitrogens is 3. The smallest absolute Gasteiger partial charge is 0.278 e. The van der Waals surface area contributed by atoms with E-state index in [0.717, 1.165) is 26.9 Å². The van der Waals surface area contributed by atoms with E-state index in [4.69, 9.17) is 0 Å². The number of carbonyl (C=O) groups excluding carboxylic acids is 2. The normalized spacial score (nSPS) is 10.7. The van der Waals surface area contributed by atoms with Crippen molar-refractivity contribution in [1.29, 1.82) is 0 Å². The Kier molecular flexibility index (Phi) is 6.12. The van der Waals surface area contributed by atoms with Crippen LogP contribution >= 0.6 is 15.9 Å². The lowest BCUT2D eigenvalue weighted by atomic mass is 10.1. The molecule has 0 fully saturated rings. The van der Waals surface area contributed by atoms with Crippen LogP contribution in [0.4, 0.5) is 11.4 Å². The van der Waals surface area contributed by atoms with Crippen LogP contribution in [0.2, 0.25) is 0 Å². The second-order valence-corrected chi connectivity index (χ2v) is 7.80. The van der Waals surface area contributed by atoms with Crippen molar-refractivity contribution in [1.82, 2.24) is 15.0 Å². The number of nitrogens with one attached hydrogen (secondary N) is 2. The first kappa shape index (κ1) is 20.7. The molecule has 29 heavy (non-hydrogen) atoms. The van der Waals surface area contributed by atoms with E-state index in [2.05, 4.69) is 36.9 Å². The Labute approximate surface area is 177 Å². The number of halogens is 1. The number of nitrogens with zero attached hydrogens (tertiary/aromatic N) is 3. The molecule has 2 N–H and O–H groups in total. The number of amides is 2. The zero-order valence-electron chi connectivity index (χ0n) is 16.7. The third-order valence-electron chi connectivity index (χ3n) is 4.70. The SMILES string of the molecule is Cc1ccc(NC(=O)Cn2nnc(C(=O)Nc3ccc(Br)c(C)c3)c2C)cc1C. The number of aryl methyl sites for hydroxylation is 3. The van der Waals surface area contributed by atoms with Gasteiger partial charge in [-0.3, -0.25) is 9.59 Å². The van der Waals surface area contributed by atoms with Crippen LogP contribution in [0.1, 0.15) is 32.9 Å². The van der Waals surface area contributed by atoms with Gasteiger partial charge in [0.25, 0.3) is 5.91 Å². The van der Waals surface area contributed by atoms with Crippen LogP contribution in [-0.2, 0) is 11.3 Å². The van der Waals surface area contributed by atoms with Crippen LogP contribution in [0.25, 0.3) is 0 Å². The third kappa shape index (κ3) is 4.89. The summed E-state index contributed by atoms with van der Waals surface area (Å²) >= 11 is 3.43. The lowest BCUT2D eigenvalue weighted by Crippen LogP contribution is -2.21. The van der Waals surface area contributed by atoms with Crippen LogP contribution in [-0.4, -0.2) is 26.8 Å². The molecule has 3 aromatic rings. The second-order valence-electron chi connectivity index (χ2n) is 6.95. The van der Waals surface area contributed by atoms with Crippen LogP contribution in [0.3, 0.4) is 0 Å². The van der Waals surface area contributed by atoms with Crippen LogP contribution in [0, 0.1) is 27.7 Å². The Hall–Kier alpha value is -3.00. The Morgan fingerprint density at radius 3 is 2.28 bits per heavy atom. The minimum absolute atomic E-state index is 0.0313. The van der Waals surface area contributed by atoms with Crippen molar-refractivity contribution in [3.63, 3.8) is 0 Å². The number of hydrogen-bond donors (Lipinski definition) is 2. The first-order chi connectivity index (χ1) is 13.7. The highest BCUT2D eigenvalue weighted by molar-refractivity contribution is 9.10. The van der Waals surface area contributed by atoms with E-state index in [9.17, 15) is 9.59 Å². The predicted molar refractivity (Wildman–Crippen MR) is 116 cm³/mol. The minimum Gasteiger partial charge on any atom is -0.324 e. The maximum absolute atomic E-state index is 12.6. The molecule has 0 saturated carbocycles. The molecule has 0 saturated heterocycles. The van der Waals surface area contributed by atoms with Gasteiger partial charge in [-0.05, 0) is 74.7 Å². The standard InChI is InChI=1S/C21H22BrN5O2/c1-12-5-6-16(9-13(12)2)23-19(28)11-27-15(4)20(25-26-27)21(29)24-17-7-8-18(22)14(3)10-17/h5-10H,11H2,1-4H3,(H,23,28)(H,24,29). The lowest BCUT2D eigenvalue weighted by molar-refractivity contribution is -0.117. The number of anilines is 2. The third-order valence-corrected chi connectivity index (χ3v) is 5.59. The molecule has 0 aliphatic carbocycles. The highest BCUT2D eigenvalue weighted by atomic mass is 79.9. The second kappa shape index (κ2) is 8.57. The van der Waals surface area contributed by atoms with Gasteiger partial charge in [-0.2, -0.15) is 0 Å². The molecule has 0 atom stereocenters. The minimum atomic E-state index is -0.370. The van der Waals surface area contributed by atoms with E-state index in [0.29, 0.717) is 11.4 Å². The van der Waals surface area contributed by atoms with E-state index in [1.807, 2.05) is 51.1 Å². The Morgan fingerprint density at radius 1 is 0.931 bits per heavy atom. The van der Waals surface area contributed by atoms with Crippen molar-refractivity contribution in [2.24, 2.45) is 0 Å². The van der Waals surface area contributed by atoms with Crippen molar-refractivity contribution in [3.05, 3.63) is 68.9 Å². The van der Waals surface area contributed by atoms with Crippen LogP contribution in [0.5, 0.6) is 0 Å². The highest BCUT2D eigenvalue weighted by Crippen LogP contribution is 2.20. The van der Waals surface area contributed by atoms with E-state index in [-0.39, 0.29) is 24.1 Å². The molecule has 150 valence electrons. The molecular formula is C21H22BrN5O2. The van der Waals surface area contributed by atoms with Gasteiger partial charge in [-0.15, -0.1) is 5.10 Å². The van der Waals surface area contributed by atoms with Gasteiger partial charge in [0.05, 0.1) is 5.69 Å². The zero-order chi connectivity index (χ0) is 21.1. The fraction of sp³-hybridized carbons (Fsp3) is 0.238. The molecule has 1 aromatic heterocycles.